The van der Waals surface area contributed by atoms with Gasteiger partial charge in [0, 0.05) is 29.1 Å². The predicted molar refractivity (Wildman–Crippen MR) is 99.4 cm³/mol. The molecule has 0 aliphatic carbocycles. The fraction of sp³-hybridized carbons (Fsp3) is 0.250. The van der Waals surface area contributed by atoms with E-state index in [1.54, 1.807) is 12.3 Å². The van der Waals surface area contributed by atoms with Gasteiger partial charge in [0.2, 0.25) is 0 Å². The van der Waals surface area contributed by atoms with Gasteiger partial charge >= 0.3 is 0 Å². The number of ether oxygens (including phenoxy) is 1. The quantitative estimate of drug-likeness (QED) is 0.699. The van der Waals surface area contributed by atoms with Gasteiger partial charge in [-0.25, -0.2) is 12.8 Å². The van der Waals surface area contributed by atoms with Crippen LogP contribution in [-0.4, -0.2) is 31.5 Å². The molecule has 1 unspecified atom stereocenters. The Balaban J connectivity index is 1.62. The minimum absolute atomic E-state index is 0.0362. The van der Waals surface area contributed by atoms with Crippen LogP contribution in [0.3, 0.4) is 0 Å². The number of hydrogen-bond donors (Lipinski definition) is 0. The number of pyridine rings is 1. The topological polar surface area (TPSA) is 56.3 Å². The molecule has 1 aliphatic rings. The van der Waals surface area contributed by atoms with Gasteiger partial charge in [0.25, 0.3) is 0 Å². The van der Waals surface area contributed by atoms with E-state index in [1.165, 1.54) is 12.1 Å². The lowest BCUT2D eigenvalue weighted by Gasteiger charge is -2.13. The molecule has 4 nitrogen and oxygen atoms in total. The van der Waals surface area contributed by atoms with Gasteiger partial charge in [-0.15, -0.1) is 0 Å². The van der Waals surface area contributed by atoms with Crippen molar-refractivity contribution in [3.05, 3.63) is 60.5 Å². The highest BCUT2D eigenvalue weighted by atomic mass is 32.2. The Labute approximate surface area is 151 Å². The molecule has 0 spiro atoms. The second kappa shape index (κ2) is 6.68. The number of fused-ring (bicyclic) bond motifs is 1. The van der Waals surface area contributed by atoms with Gasteiger partial charge in [0.1, 0.15) is 11.6 Å². The fourth-order valence-corrected chi connectivity index (χ4v) is 5.20. The van der Waals surface area contributed by atoms with Gasteiger partial charge < -0.3 is 4.74 Å². The van der Waals surface area contributed by atoms with Crippen LogP contribution in [0.4, 0.5) is 4.39 Å². The van der Waals surface area contributed by atoms with Crippen molar-refractivity contribution in [2.45, 2.75) is 6.42 Å². The molecule has 1 aliphatic heterocycles. The molecular formula is C20H18FNO3S. The molecule has 4 rings (SSSR count). The molecule has 3 aromatic rings. The highest BCUT2D eigenvalue weighted by molar-refractivity contribution is 7.91. The Morgan fingerprint density at radius 3 is 2.81 bits per heavy atom. The molecule has 0 radical (unpaired) electrons. The lowest BCUT2D eigenvalue weighted by Crippen LogP contribution is -2.13. The molecule has 134 valence electrons. The van der Waals surface area contributed by atoms with Crippen LogP contribution in [0.2, 0.25) is 0 Å². The molecule has 0 saturated carbocycles. The van der Waals surface area contributed by atoms with E-state index >= 15 is 0 Å². The molecule has 2 heterocycles. The third-order valence-corrected chi connectivity index (χ3v) is 6.46. The zero-order valence-electron chi connectivity index (χ0n) is 14.1. The van der Waals surface area contributed by atoms with E-state index in [9.17, 15) is 12.8 Å². The number of para-hydroxylation sites is 1. The highest BCUT2D eigenvalue weighted by Gasteiger charge is 2.28. The van der Waals surface area contributed by atoms with Gasteiger partial charge in [-0.3, -0.25) is 4.98 Å². The van der Waals surface area contributed by atoms with Gasteiger partial charge in [-0.1, -0.05) is 24.3 Å². The van der Waals surface area contributed by atoms with Crippen molar-refractivity contribution in [2.24, 2.45) is 5.92 Å². The summed E-state index contributed by atoms with van der Waals surface area (Å²) in [6.45, 7) is 0.274. The minimum atomic E-state index is -2.95. The van der Waals surface area contributed by atoms with Crippen LogP contribution in [0.15, 0.2) is 54.7 Å². The SMILES string of the molecule is O=S1(=O)CCC(COc2cc(F)cc(-c3cccc4cccnc34)c2)C1. The molecule has 1 saturated heterocycles. The summed E-state index contributed by atoms with van der Waals surface area (Å²) in [4.78, 5) is 4.41. The largest absolute Gasteiger partial charge is 0.493 e. The van der Waals surface area contributed by atoms with E-state index in [-0.39, 0.29) is 24.0 Å². The number of benzene rings is 2. The van der Waals surface area contributed by atoms with Crippen molar-refractivity contribution in [1.82, 2.24) is 4.98 Å². The number of nitrogens with zero attached hydrogens (tertiary/aromatic N) is 1. The third kappa shape index (κ3) is 3.55. The summed E-state index contributed by atoms with van der Waals surface area (Å²) in [6.07, 6.45) is 2.31. The average molecular weight is 371 g/mol. The normalized spacial score (nSPS) is 18.9. The summed E-state index contributed by atoms with van der Waals surface area (Å²) in [5.74, 6) is 0.312. The third-order valence-electron chi connectivity index (χ3n) is 4.63. The van der Waals surface area contributed by atoms with Crippen LogP contribution in [-0.2, 0) is 9.84 Å². The summed E-state index contributed by atoms with van der Waals surface area (Å²) in [6, 6.07) is 14.2. The van der Waals surface area contributed by atoms with Crippen LogP contribution in [0.25, 0.3) is 22.0 Å². The maximum absolute atomic E-state index is 14.1. The summed E-state index contributed by atoms with van der Waals surface area (Å²) in [5, 5.41) is 0.980. The average Bonchev–Trinajstić information content (AvgIpc) is 2.98. The van der Waals surface area contributed by atoms with Crippen LogP contribution in [0.1, 0.15) is 6.42 Å². The zero-order valence-corrected chi connectivity index (χ0v) is 14.9. The first-order chi connectivity index (χ1) is 12.5. The Hall–Kier alpha value is -2.47. The number of halogens is 1. The van der Waals surface area contributed by atoms with Crippen molar-refractivity contribution in [3.8, 4) is 16.9 Å². The number of rotatable bonds is 4. The molecule has 1 aromatic heterocycles. The maximum atomic E-state index is 14.1. The van der Waals surface area contributed by atoms with Gasteiger partial charge in [-0.2, -0.15) is 0 Å². The van der Waals surface area contributed by atoms with Gasteiger partial charge in [-0.05, 0) is 30.2 Å². The number of aromatic nitrogens is 1. The van der Waals surface area contributed by atoms with Crippen LogP contribution < -0.4 is 4.74 Å². The van der Waals surface area contributed by atoms with Gasteiger partial charge in [0.15, 0.2) is 9.84 Å². The molecule has 1 atom stereocenters. The van der Waals surface area contributed by atoms with Crippen LogP contribution >= 0.6 is 0 Å². The van der Waals surface area contributed by atoms with Crippen molar-refractivity contribution in [2.75, 3.05) is 18.1 Å². The van der Waals surface area contributed by atoms with E-state index in [4.69, 9.17) is 4.74 Å². The molecule has 0 bridgehead atoms. The predicted octanol–water partition coefficient (Wildman–Crippen LogP) is 3.85. The first kappa shape index (κ1) is 17.0. The highest BCUT2D eigenvalue weighted by Crippen LogP contribution is 2.31. The summed E-state index contributed by atoms with van der Waals surface area (Å²) < 4.78 is 42.9. The zero-order chi connectivity index (χ0) is 18.1. The van der Waals surface area contributed by atoms with Crippen molar-refractivity contribution >= 4 is 20.7 Å². The monoisotopic (exact) mass is 371 g/mol. The molecule has 0 amide bonds. The molecule has 1 fully saturated rings. The van der Waals surface area contributed by atoms with Crippen LogP contribution in [0.5, 0.6) is 5.75 Å². The molecule has 26 heavy (non-hydrogen) atoms. The van der Waals surface area contributed by atoms with Gasteiger partial charge in [0.05, 0.1) is 23.6 Å². The van der Waals surface area contributed by atoms with Crippen molar-refractivity contribution in [3.63, 3.8) is 0 Å². The Morgan fingerprint density at radius 1 is 1.15 bits per heavy atom. The second-order valence-electron chi connectivity index (χ2n) is 6.64. The maximum Gasteiger partial charge on any atom is 0.150 e. The molecule has 0 N–H and O–H groups in total. The Bertz CT molecular complexity index is 1060. The van der Waals surface area contributed by atoms with Crippen LogP contribution in [0, 0.1) is 11.7 Å². The molecule has 2 aromatic carbocycles. The van der Waals surface area contributed by atoms with Crippen molar-refractivity contribution < 1.29 is 17.5 Å². The standard InChI is InChI=1S/C20H18FNO3S/c21-17-9-16(19-5-1-3-15-4-2-7-22-20(15)19)10-18(11-17)25-12-14-6-8-26(23,24)13-14/h1-5,7,9-11,14H,6,8,12-13H2. The lowest BCUT2D eigenvalue weighted by molar-refractivity contribution is 0.262. The first-order valence-corrected chi connectivity index (χ1v) is 10.3. The lowest BCUT2D eigenvalue weighted by atomic mass is 10.0. The fourth-order valence-electron chi connectivity index (χ4n) is 3.36. The summed E-state index contributed by atoms with van der Waals surface area (Å²) in [5.41, 5.74) is 2.31. The second-order valence-corrected chi connectivity index (χ2v) is 8.87. The Kier molecular flexibility index (Phi) is 4.36. The van der Waals surface area contributed by atoms with E-state index in [2.05, 4.69) is 4.98 Å². The first-order valence-electron chi connectivity index (χ1n) is 8.48. The molecule has 6 heteroatoms. The summed E-state index contributed by atoms with van der Waals surface area (Å²) >= 11 is 0. The van der Waals surface area contributed by atoms with E-state index in [1.807, 2.05) is 30.3 Å². The van der Waals surface area contributed by atoms with E-state index < -0.39 is 15.7 Å². The summed E-state index contributed by atoms with van der Waals surface area (Å²) in [7, 11) is -2.95. The Morgan fingerprint density at radius 2 is 2.00 bits per heavy atom. The van der Waals surface area contributed by atoms with E-state index in [0.717, 1.165) is 16.5 Å². The molecular weight excluding hydrogens is 353 g/mol. The number of sulfone groups is 1. The minimum Gasteiger partial charge on any atom is -0.493 e. The number of hydrogen-bond acceptors (Lipinski definition) is 4. The van der Waals surface area contributed by atoms with E-state index in [0.29, 0.717) is 17.7 Å². The smallest absolute Gasteiger partial charge is 0.150 e. The van der Waals surface area contributed by atoms with Crippen molar-refractivity contribution in [1.29, 1.82) is 0 Å².